The van der Waals surface area contributed by atoms with Gasteiger partial charge in [0, 0.05) is 17.2 Å². The van der Waals surface area contributed by atoms with E-state index in [0.717, 1.165) is 11.3 Å². The highest BCUT2D eigenvalue weighted by Crippen LogP contribution is 2.37. The average molecular weight is 377 g/mol. The quantitative estimate of drug-likeness (QED) is 0.624. The predicted molar refractivity (Wildman–Crippen MR) is 105 cm³/mol. The van der Waals surface area contributed by atoms with Crippen molar-refractivity contribution in [3.05, 3.63) is 47.9 Å². The second kappa shape index (κ2) is 6.54. The Morgan fingerprint density at radius 1 is 1.29 bits per heavy atom. The van der Waals surface area contributed by atoms with Crippen molar-refractivity contribution < 1.29 is 9.90 Å². The van der Waals surface area contributed by atoms with E-state index >= 15 is 0 Å². The lowest BCUT2D eigenvalue weighted by molar-refractivity contribution is 0.100. The first-order chi connectivity index (χ1) is 13.4. The molecule has 2 atom stereocenters. The topological polar surface area (TPSA) is 146 Å². The first kappa shape index (κ1) is 17.8. The standard InChI is InChI=1S/C19H19N7O2/c1-9-3-4-13(27)10(2)16(9)26-17(20)14(18(21)28)15-19(26)22-8-12(25-15)11-5-6-23-24-7-11/h3-8,10,13,27H,20H2,1-2H3,(H2,21,28)/t10-,13-/m1/s1. The molecule has 0 spiro atoms. The van der Waals surface area contributed by atoms with Gasteiger partial charge < -0.3 is 16.6 Å². The highest BCUT2D eigenvalue weighted by Gasteiger charge is 2.30. The fourth-order valence-electron chi connectivity index (χ4n) is 3.53. The number of carbonyl (C=O) groups is 1. The highest BCUT2D eigenvalue weighted by molar-refractivity contribution is 6.10. The summed E-state index contributed by atoms with van der Waals surface area (Å²) >= 11 is 0. The summed E-state index contributed by atoms with van der Waals surface area (Å²) in [6, 6.07) is 1.74. The van der Waals surface area contributed by atoms with Crippen LogP contribution in [0.3, 0.4) is 0 Å². The van der Waals surface area contributed by atoms with E-state index in [2.05, 4.69) is 20.2 Å². The van der Waals surface area contributed by atoms with Gasteiger partial charge >= 0.3 is 0 Å². The number of rotatable bonds is 3. The zero-order valence-corrected chi connectivity index (χ0v) is 15.4. The van der Waals surface area contributed by atoms with E-state index in [1.54, 1.807) is 35.3 Å². The number of anilines is 1. The van der Waals surface area contributed by atoms with Gasteiger partial charge in [-0.2, -0.15) is 10.2 Å². The Morgan fingerprint density at radius 2 is 2.07 bits per heavy atom. The molecule has 3 heterocycles. The molecule has 3 aromatic rings. The molecule has 28 heavy (non-hydrogen) atoms. The van der Waals surface area contributed by atoms with Gasteiger partial charge in [0.25, 0.3) is 5.91 Å². The maximum Gasteiger partial charge on any atom is 0.254 e. The minimum atomic E-state index is -0.696. The number of amides is 1. The van der Waals surface area contributed by atoms with Crippen LogP contribution in [0.2, 0.25) is 0 Å². The fourth-order valence-corrected chi connectivity index (χ4v) is 3.53. The number of aromatic nitrogens is 5. The lowest BCUT2D eigenvalue weighted by Crippen LogP contribution is -2.24. The van der Waals surface area contributed by atoms with Crippen LogP contribution in [-0.4, -0.2) is 41.9 Å². The van der Waals surface area contributed by atoms with Crippen LogP contribution < -0.4 is 11.5 Å². The highest BCUT2D eigenvalue weighted by atomic mass is 16.3. The van der Waals surface area contributed by atoms with Gasteiger partial charge in [0.2, 0.25) is 0 Å². The predicted octanol–water partition coefficient (Wildman–Crippen LogP) is 1.37. The lowest BCUT2D eigenvalue weighted by atomic mass is 9.91. The molecule has 0 radical (unpaired) electrons. The van der Waals surface area contributed by atoms with Crippen LogP contribution >= 0.6 is 0 Å². The fraction of sp³-hybridized carbons (Fsp3) is 0.211. The van der Waals surface area contributed by atoms with Crippen molar-refractivity contribution in [1.82, 2.24) is 24.7 Å². The molecule has 0 saturated carbocycles. The summed E-state index contributed by atoms with van der Waals surface area (Å²) in [4.78, 5) is 21.3. The Kier molecular flexibility index (Phi) is 4.16. The third-order valence-corrected chi connectivity index (χ3v) is 4.96. The van der Waals surface area contributed by atoms with Crippen molar-refractivity contribution in [3.8, 4) is 11.3 Å². The molecule has 3 aromatic heterocycles. The minimum absolute atomic E-state index is 0.0999. The van der Waals surface area contributed by atoms with E-state index in [-0.39, 0.29) is 17.3 Å². The molecule has 1 aliphatic rings. The number of hydrogen-bond acceptors (Lipinski definition) is 7. The number of aliphatic hydroxyl groups excluding tert-OH is 1. The van der Waals surface area contributed by atoms with Gasteiger partial charge in [-0.3, -0.25) is 9.36 Å². The molecule has 0 fully saturated rings. The van der Waals surface area contributed by atoms with Crippen LogP contribution in [0, 0.1) is 5.92 Å². The van der Waals surface area contributed by atoms with Gasteiger partial charge in [-0.15, -0.1) is 0 Å². The largest absolute Gasteiger partial charge is 0.388 e. The van der Waals surface area contributed by atoms with Crippen molar-refractivity contribution in [3.63, 3.8) is 0 Å². The van der Waals surface area contributed by atoms with Crippen LogP contribution in [-0.2, 0) is 0 Å². The van der Waals surface area contributed by atoms with Crippen LogP contribution in [0.4, 0.5) is 5.82 Å². The van der Waals surface area contributed by atoms with E-state index < -0.39 is 12.0 Å². The number of fused-ring (bicyclic) bond motifs is 1. The summed E-state index contributed by atoms with van der Waals surface area (Å²) in [5, 5.41) is 17.9. The molecule has 142 valence electrons. The third-order valence-electron chi connectivity index (χ3n) is 4.96. The van der Waals surface area contributed by atoms with Crippen molar-refractivity contribution in [2.24, 2.45) is 11.7 Å². The van der Waals surface area contributed by atoms with Crippen LogP contribution in [0.1, 0.15) is 24.2 Å². The number of carbonyl (C=O) groups excluding carboxylic acids is 1. The Bertz CT molecular complexity index is 1150. The number of nitrogens with zero attached hydrogens (tertiary/aromatic N) is 5. The van der Waals surface area contributed by atoms with Gasteiger partial charge in [0.05, 0.1) is 30.4 Å². The zero-order valence-electron chi connectivity index (χ0n) is 15.4. The van der Waals surface area contributed by atoms with Gasteiger partial charge in [0.1, 0.15) is 16.9 Å². The smallest absolute Gasteiger partial charge is 0.254 e. The molecule has 0 aliphatic heterocycles. The average Bonchev–Trinajstić information content (AvgIpc) is 2.97. The summed E-state index contributed by atoms with van der Waals surface area (Å²) in [6.07, 6.45) is 7.54. The molecular weight excluding hydrogens is 358 g/mol. The van der Waals surface area contributed by atoms with Crippen molar-refractivity contribution in [2.45, 2.75) is 20.0 Å². The number of hydrogen-bond donors (Lipinski definition) is 3. The zero-order chi connectivity index (χ0) is 20.0. The summed E-state index contributed by atoms with van der Waals surface area (Å²) < 4.78 is 1.66. The molecule has 9 nitrogen and oxygen atoms in total. The molecule has 0 aromatic carbocycles. The molecule has 5 N–H and O–H groups in total. The van der Waals surface area contributed by atoms with Gasteiger partial charge in [-0.25, -0.2) is 9.97 Å². The molecule has 1 aliphatic carbocycles. The maximum absolute atomic E-state index is 12.2. The third kappa shape index (κ3) is 2.64. The van der Waals surface area contributed by atoms with Gasteiger partial charge in [0.15, 0.2) is 5.65 Å². The Morgan fingerprint density at radius 3 is 2.75 bits per heavy atom. The van der Waals surface area contributed by atoms with E-state index in [0.29, 0.717) is 22.4 Å². The lowest BCUT2D eigenvalue weighted by Gasteiger charge is -2.27. The Labute approximate surface area is 160 Å². The number of aliphatic hydroxyl groups is 1. The molecule has 4 rings (SSSR count). The minimum Gasteiger partial charge on any atom is -0.388 e. The van der Waals surface area contributed by atoms with E-state index in [9.17, 15) is 9.90 Å². The SMILES string of the molecule is CC1=C(n2c(N)c(C(N)=O)c3nc(-c4ccnnc4)cnc32)[C@H](C)[C@H](O)C=C1. The van der Waals surface area contributed by atoms with Crippen LogP contribution in [0.5, 0.6) is 0 Å². The Balaban J connectivity index is 2.03. The van der Waals surface area contributed by atoms with Crippen molar-refractivity contribution in [2.75, 3.05) is 5.73 Å². The molecule has 9 heteroatoms. The first-order valence-electron chi connectivity index (χ1n) is 8.71. The Hall–Kier alpha value is -3.59. The molecule has 0 saturated heterocycles. The van der Waals surface area contributed by atoms with Crippen molar-refractivity contribution >= 4 is 28.6 Å². The van der Waals surface area contributed by atoms with E-state index in [4.69, 9.17) is 11.5 Å². The van der Waals surface area contributed by atoms with Crippen LogP contribution in [0.15, 0.2) is 42.4 Å². The second-order valence-electron chi connectivity index (χ2n) is 6.73. The normalized spacial score (nSPS) is 19.4. The molecule has 0 unspecified atom stereocenters. The summed E-state index contributed by atoms with van der Waals surface area (Å²) in [5.41, 5.74) is 15.6. The summed E-state index contributed by atoms with van der Waals surface area (Å²) in [6.45, 7) is 3.79. The summed E-state index contributed by atoms with van der Waals surface area (Å²) in [5.74, 6) is -0.802. The van der Waals surface area contributed by atoms with E-state index in [1.165, 1.54) is 0 Å². The van der Waals surface area contributed by atoms with Crippen LogP contribution in [0.25, 0.3) is 28.1 Å². The molecular formula is C19H19N7O2. The number of nitrogen functional groups attached to an aromatic ring is 1. The number of primary amides is 1. The monoisotopic (exact) mass is 377 g/mol. The maximum atomic E-state index is 12.2. The second-order valence-corrected chi connectivity index (χ2v) is 6.73. The summed E-state index contributed by atoms with van der Waals surface area (Å²) in [7, 11) is 0. The number of allylic oxidation sites excluding steroid dienone is 2. The first-order valence-corrected chi connectivity index (χ1v) is 8.71. The molecule has 0 bridgehead atoms. The van der Waals surface area contributed by atoms with Crippen molar-refractivity contribution in [1.29, 1.82) is 0 Å². The van der Waals surface area contributed by atoms with E-state index in [1.807, 2.05) is 19.9 Å². The van der Waals surface area contributed by atoms with Gasteiger partial charge in [-0.1, -0.05) is 19.1 Å². The van der Waals surface area contributed by atoms with Gasteiger partial charge in [-0.05, 0) is 18.6 Å². The number of nitrogens with two attached hydrogens (primary N) is 2. The molecule has 1 amide bonds.